The molecule has 0 unspecified atom stereocenters. The maximum atomic E-state index is 12.4. The fraction of sp³-hybridized carbons (Fsp3) is 0.556. The van der Waals surface area contributed by atoms with Crippen LogP contribution in [0.4, 0.5) is 5.69 Å². The number of anilines is 1. The largest absolute Gasteiger partial charge is 0.316 e. The summed E-state index contributed by atoms with van der Waals surface area (Å²) >= 11 is 1.42. The van der Waals surface area contributed by atoms with Gasteiger partial charge in [-0.2, -0.15) is 4.99 Å². The molecule has 2 aliphatic rings. The van der Waals surface area contributed by atoms with Crippen molar-refractivity contribution in [3.8, 4) is 0 Å². The Hall–Kier alpha value is -1.34. The molecule has 0 N–H and O–H groups in total. The Bertz CT molecular complexity index is 833. The van der Waals surface area contributed by atoms with Gasteiger partial charge in [0, 0.05) is 16.4 Å². The van der Waals surface area contributed by atoms with E-state index in [9.17, 15) is 13.2 Å². The molecule has 1 aromatic rings. The number of hydrogen-bond acceptors (Lipinski definition) is 4. The highest BCUT2D eigenvalue weighted by Gasteiger charge is 2.49. The van der Waals surface area contributed by atoms with Crippen LogP contribution in [-0.4, -0.2) is 42.3 Å². The van der Waals surface area contributed by atoms with Crippen molar-refractivity contribution in [1.82, 2.24) is 0 Å². The van der Waals surface area contributed by atoms with Crippen LogP contribution in [0.3, 0.4) is 0 Å². The maximum Gasteiger partial charge on any atom is 0.253 e. The number of benzene rings is 1. The summed E-state index contributed by atoms with van der Waals surface area (Å²) in [5.74, 6) is 0.0689. The van der Waals surface area contributed by atoms with Crippen molar-refractivity contribution in [2.75, 3.05) is 16.4 Å². The number of aryl methyl sites for hydroxylation is 2. The zero-order valence-corrected chi connectivity index (χ0v) is 16.9. The molecule has 7 heteroatoms. The van der Waals surface area contributed by atoms with Gasteiger partial charge in [0.1, 0.15) is 0 Å². The number of amides is 1. The first-order valence-electron chi connectivity index (χ1n) is 8.34. The summed E-state index contributed by atoms with van der Waals surface area (Å²) in [5, 5.41) is 0.548. The lowest BCUT2D eigenvalue weighted by Gasteiger charge is -2.26. The molecule has 2 saturated heterocycles. The van der Waals surface area contributed by atoms with E-state index in [0.717, 1.165) is 16.8 Å². The number of hydrogen-bond donors (Lipinski definition) is 0. The van der Waals surface area contributed by atoms with Gasteiger partial charge in [0.05, 0.1) is 17.5 Å². The number of thioether (sulfide) groups is 1. The Kier molecular flexibility index (Phi) is 4.52. The molecule has 3 rings (SSSR count). The summed E-state index contributed by atoms with van der Waals surface area (Å²) in [6.07, 6.45) is 0. The van der Waals surface area contributed by atoms with Gasteiger partial charge >= 0.3 is 0 Å². The number of amidine groups is 1. The van der Waals surface area contributed by atoms with Crippen LogP contribution in [-0.2, 0) is 14.6 Å². The first kappa shape index (κ1) is 18.5. The predicted molar refractivity (Wildman–Crippen MR) is 104 cm³/mol. The molecule has 1 amide bonds. The quantitative estimate of drug-likeness (QED) is 0.749. The van der Waals surface area contributed by atoms with Crippen molar-refractivity contribution in [2.45, 2.75) is 45.9 Å². The lowest BCUT2D eigenvalue weighted by atomic mass is 9.96. The van der Waals surface area contributed by atoms with Crippen molar-refractivity contribution < 1.29 is 13.2 Å². The molecule has 0 aliphatic carbocycles. The maximum absolute atomic E-state index is 12.4. The summed E-state index contributed by atoms with van der Waals surface area (Å²) in [5.41, 5.74) is 2.55. The second kappa shape index (κ2) is 6.13. The van der Waals surface area contributed by atoms with E-state index in [1.54, 1.807) is 0 Å². The van der Waals surface area contributed by atoms with Gasteiger partial charge in [-0.25, -0.2) is 8.42 Å². The zero-order valence-electron chi connectivity index (χ0n) is 15.2. The average Bonchev–Trinajstić information content (AvgIpc) is 2.87. The van der Waals surface area contributed by atoms with Gasteiger partial charge in [-0.05, 0) is 37.1 Å². The van der Waals surface area contributed by atoms with Gasteiger partial charge in [0.25, 0.3) is 5.91 Å². The summed E-state index contributed by atoms with van der Waals surface area (Å²) in [6, 6.07) is 5.96. The first-order valence-corrected chi connectivity index (χ1v) is 11.0. The molecule has 2 atom stereocenters. The van der Waals surface area contributed by atoms with E-state index in [-0.39, 0.29) is 28.7 Å². The molecule has 2 heterocycles. The number of nitrogens with zero attached hydrogens (tertiary/aromatic N) is 2. The minimum atomic E-state index is -3.05. The Morgan fingerprint density at radius 3 is 2.32 bits per heavy atom. The highest BCUT2D eigenvalue weighted by molar-refractivity contribution is 8.16. The molecule has 0 aromatic heterocycles. The van der Waals surface area contributed by atoms with E-state index in [2.05, 4.69) is 11.1 Å². The van der Waals surface area contributed by atoms with Crippen LogP contribution in [0.5, 0.6) is 0 Å². The molecule has 5 nitrogen and oxygen atoms in total. The second-order valence-corrected chi connectivity index (χ2v) is 11.3. The number of carbonyl (C=O) groups is 1. The van der Waals surface area contributed by atoms with Crippen LogP contribution >= 0.6 is 11.8 Å². The van der Waals surface area contributed by atoms with E-state index in [0.29, 0.717) is 5.17 Å². The summed E-state index contributed by atoms with van der Waals surface area (Å²) in [7, 11) is -3.05. The molecule has 1 aromatic carbocycles. The van der Waals surface area contributed by atoms with Crippen molar-refractivity contribution in [3.05, 3.63) is 29.3 Å². The standard InChI is InChI=1S/C18H24N2O3S2/c1-11-6-12(2)8-13(7-11)20-14-9-25(22,23)10-15(14)24-17(20)19-16(21)18(3,4)5/h6-8,14-15H,9-10H2,1-5H3/t14-,15-/m1/s1. The van der Waals surface area contributed by atoms with E-state index in [4.69, 9.17) is 0 Å². The molecular weight excluding hydrogens is 356 g/mol. The van der Waals surface area contributed by atoms with E-state index in [1.165, 1.54) is 11.8 Å². The number of sulfone groups is 1. The minimum absolute atomic E-state index is 0.0719. The SMILES string of the molecule is Cc1cc(C)cc(N2C(=NC(=O)C(C)(C)C)S[C@@H]3CS(=O)(=O)C[C@H]32)c1. The Morgan fingerprint density at radius 1 is 1.16 bits per heavy atom. The zero-order chi connectivity index (χ0) is 18.6. The van der Waals surface area contributed by atoms with Gasteiger partial charge in [-0.3, -0.25) is 4.79 Å². The third kappa shape index (κ3) is 3.77. The lowest BCUT2D eigenvalue weighted by molar-refractivity contribution is -0.124. The van der Waals surface area contributed by atoms with Crippen LogP contribution < -0.4 is 4.90 Å². The third-order valence-corrected chi connectivity index (χ3v) is 7.60. The molecule has 0 radical (unpaired) electrons. The number of aliphatic imine (C=N–C) groups is 1. The molecule has 0 bridgehead atoms. The van der Waals surface area contributed by atoms with Crippen molar-refractivity contribution in [2.24, 2.45) is 10.4 Å². The summed E-state index contributed by atoms with van der Waals surface area (Å²) in [6.45, 7) is 9.54. The summed E-state index contributed by atoms with van der Waals surface area (Å²) in [4.78, 5) is 18.8. The van der Waals surface area contributed by atoms with Crippen molar-refractivity contribution in [1.29, 1.82) is 0 Å². The smallest absolute Gasteiger partial charge is 0.253 e. The number of fused-ring (bicyclic) bond motifs is 1. The van der Waals surface area contributed by atoms with Gasteiger partial charge in [0.15, 0.2) is 15.0 Å². The van der Waals surface area contributed by atoms with Crippen LogP contribution in [0.15, 0.2) is 23.2 Å². The third-order valence-electron chi connectivity index (χ3n) is 4.39. The monoisotopic (exact) mass is 380 g/mol. The van der Waals surface area contributed by atoms with Crippen molar-refractivity contribution in [3.63, 3.8) is 0 Å². The van der Waals surface area contributed by atoms with E-state index >= 15 is 0 Å². The predicted octanol–water partition coefficient (Wildman–Crippen LogP) is 2.95. The summed E-state index contributed by atoms with van der Waals surface area (Å²) < 4.78 is 24.2. The molecule has 0 saturated carbocycles. The van der Waals surface area contributed by atoms with Crippen molar-refractivity contribution >= 4 is 38.4 Å². The number of rotatable bonds is 1. The fourth-order valence-electron chi connectivity index (χ4n) is 3.21. The average molecular weight is 381 g/mol. The Balaban J connectivity index is 2.07. The normalized spacial score (nSPS) is 26.9. The number of carbonyl (C=O) groups excluding carboxylic acids is 1. The highest BCUT2D eigenvalue weighted by Crippen LogP contribution is 2.41. The van der Waals surface area contributed by atoms with Gasteiger partial charge in [-0.15, -0.1) is 0 Å². The fourth-order valence-corrected chi connectivity index (χ4v) is 7.12. The van der Waals surface area contributed by atoms with Crippen LogP contribution in [0.25, 0.3) is 0 Å². The Labute approximate surface area is 153 Å². The van der Waals surface area contributed by atoms with Gasteiger partial charge in [-0.1, -0.05) is 38.6 Å². The lowest BCUT2D eigenvalue weighted by Crippen LogP contribution is -2.38. The van der Waals surface area contributed by atoms with Gasteiger partial charge in [0.2, 0.25) is 0 Å². The molecule has 25 heavy (non-hydrogen) atoms. The topological polar surface area (TPSA) is 66.8 Å². The van der Waals surface area contributed by atoms with Crippen LogP contribution in [0.2, 0.25) is 0 Å². The van der Waals surface area contributed by atoms with Crippen LogP contribution in [0.1, 0.15) is 31.9 Å². The van der Waals surface area contributed by atoms with E-state index in [1.807, 2.05) is 51.7 Å². The molecule has 2 aliphatic heterocycles. The molecular formula is C18H24N2O3S2. The molecule has 2 fully saturated rings. The minimum Gasteiger partial charge on any atom is -0.316 e. The highest BCUT2D eigenvalue weighted by atomic mass is 32.2. The molecule has 0 spiro atoms. The first-order chi connectivity index (χ1) is 11.5. The second-order valence-electron chi connectivity index (χ2n) is 7.97. The Morgan fingerprint density at radius 2 is 1.76 bits per heavy atom. The van der Waals surface area contributed by atoms with Gasteiger partial charge < -0.3 is 4.90 Å². The van der Waals surface area contributed by atoms with Crippen LogP contribution in [0, 0.1) is 19.3 Å². The van der Waals surface area contributed by atoms with E-state index < -0.39 is 15.3 Å². The molecule has 136 valence electrons.